The summed E-state index contributed by atoms with van der Waals surface area (Å²) in [5.41, 5.74) is 0.378. The zero-order chi connectivity index (χ0) is 14.9. The molecule has 1 aliphatic carbocycles. The number of piperazine rings is 1. The topological polar surface area (TPSA) is 18.5 Å². The van der Waals surface area contributed by atoms with Gasteiger partial charge in [-0.05, 0) is 31.6 Å². The first-order valence-corrected chi connectivity index (χ1v) is 10.0. The molecule has 0 aromatic heterocycles. The molecular formula is C17H33N3S. The van der Waals surface area contributed by atoms with Crippen LogP contribution in [0.3, 0.4) is 0 Å². The van der Waals surface area contributed by atoms with Crippen molar-refractivity contribution in [2.45, 2.75) is 45.2 Å². The lowest BCUT2D eigenvalue weighted by Gasteiger charge is -2.48. The molecule has 2 atom stereocenters. The van der Waals surface area contributed by atoms with Gasteiger partial charge in [-0.2, -0.15) is 11.8 Å². The van der Waals surface area contributed by atoms with Gasteiger partial charge in [-0.25, -0.2) is 0 Å². The third-order valence-electron chi connectivity index (χ3n) is 5.77. The monoisotopic (exact) mass is 311 g/mol. The molecule has 3 nitrogen and oxygen atoms in total. The number of rotatable bonds is 5. The van der Waals surface area contributed by atoms with Crippen LogP contribution in [0.2, 0.25) is 0 Å². The number of nitrogens with zero attached hydrogens (tertiary/aromatic N) is 2. The van der Waals surface area contributed by atoms with Gasteiger partial charge in [0.1, 0.15) is 0 Å². The lowest BCUT2D eigenvalue weighted by molar-refractivity contribution is 0.0450. The number of hydrogen-bond donors (Lipinski definition) is 1. The van der Waals surface area contributed by atoms with Crippen LogP contribution in [0.1, 0.15) is 33.6 Å². The van der Waals surface area contributed by atoms with Gasteiger partial charge >= 0.3 is 0 Å². The summed E-state index contributed by atoms with van der Waals surface area (Å²) in [6.07, 6.45) is 2.88. The molecule has 1 saturated carbocycles. The standard InChI is InChI=1S/C17H33N3S/c1-14(2)16-12-18-17(3,15-4-5-15)13-20(16)7-6-19-8-10-21-11-9-19/h14-16,18H,4-13H2,1-3H3. The summed E-state index contributed by atoms with van der Waals surface area (Å²) in [7, 11) is 0. The van der Waals surface area contributed by atoms with E-state index < -0.39 is 0 Å². The Kier molecular flexibility index (Phi) is 5.19. The second kappa shape index (κ2) is 6.77. The normalized spacial score (nSPS) is 36.3. The number of hydrogen-bond acceptors (Lipinski definition) is 4. The summed E-state index contributed by atoms with van der Waals surface area (Å²) in [5, 5.41) is 3.90. The van der Waals surface area contributed by atoms with Crippen molar-refractivity contribution < 1.29 is 0 Å². The first kappa shape index (κ1) is 16.1. The Morgan fingerprint density at radius 2 is 1.90 bits per heavy atom. The van der Waals surface area contributed by atoms with E-state index in [0.717, 1.165) is 17.9 Å². The highest BCUT2D eigenvalue weighted by Gasteiger charge is 2.46. The third kappa shape index (κ3) is 3.95. The van der Waals surface area contributed by atoms with Crippen molar-refractivity contribution >= 4 is 11.8 Å². The van der Waals surface area contributed by atoms with E-state index in [1.54, 1.807) is 0 Å². The van der Waals surface area contributed by atoms with Crippen LogP contribution in [-0.2, 0) is 0 Å². The molecule has 21 heavy (non-hydrogen) atoms. The largest absolute Gasteiger partial charge is 0.308 e. The van der Waals surface area contributed by atoms with Crippen molar-refractivity contribution in [1.29, 1.82) is 0 Å². The Bertz CT molecular complexity index is 339. The van der Waals surface area contributed by atoms with Gasteiger partial charge in [0.2, 0.25) is 0 Å². The third-order valence-corrected chi connectivity index (χ3v) is 6.71. The molecule has 0 amide bonds. The minimum absolute atomic E-state index is 0.378. The zero-order valence-corrected chi connectivity index (χ0v) is 14.9. The van der Waals surface area contributed by atoms with Gasteiger partial charge in [0.25, 0.3) is 0 Å². The van der Waals surface area contributed by atoms with Gasteiger partial charge in [0.05, 0.1) is 0 Å². The van der Waals surface area contributed by atoms with Gasteiger partial charge < -0.3 is 10.2 Å². The summed E-state index contributed by atoms with van der Waals surface area (Å²) in [6, 6.07) is 0.719. The molecule has 4 heteroatoms. The van der Waals surface area contributed by atoms with Crippen LogP contribution < -0.4 is 5.32 Å². The van der Waals surface area contributed by atoms with Crippen LogP contribution >= 0.6 is 11.8 Å². The van der Waals surface area contributed by atoms with E-state index in [1.807, 2.05) is 0 Å². The maximum atomic E-state index is 3.90. The maximum absolute atomic E-state index is 3.90. The minimum atomic E-state index is 0.378. The van der Waals surface area contributed by atoms with Gasteiger partial charge in [-0.1, -0.05) is 13.8 Å². The fourth-order valence-corrected chi connectivity index (χ4v) is 5.03. The fraction of sp³-hybridized carbons (Fsp3) is 1.00. The Morgan fingerprint density at radius 3 is 2.52 bits per heavy atom. The summed E-state index contributed by atoms with van der Waals surface area (Å²) < 4.78 is 0. The van der Waals surface area contributed by atoms with Gasteiger partial charge in [-0.3, -0.25) is 4.90 Å². The highest BCUT2D eigenvalue weighted by atomic mass is 32.2. The van der Waals surface area contributed by atoms with E-state index in [1.165, 1.54) is 63.6 Å². The molecule has 0 aromatic rings. The molecule has 2 aliphatic heterocycles. The van der Waals surface area contributed by atoms with Crippen molar-refractivity contribution in [3.63, 3.8) is 0 Å². The molecule has 3 aliphatic rings. The molecule has 122 valence electrons. The smallest absolute Gasteiger partial charge is 0.0309 e. The molecular weight excluding hydrogens is 278 g/mol. The summed E-state index contributed by atoms with van der Waals surface area (Å²) in [6.45, 7) is 14.8. The second-order valence-electron chi connectivity index (χ2n) is 7.81. The fourth-order valence-electron chi connectivity index (χ4n) is 4.05. The molecule has 0 aromatic carbocycles. The molecule has 2 heterocycles. The van der Waals surface area contributed by atoms with Crippen LogP contribution in [0.4, 0.5) is 0 Å². The van der Waals surface area contributed by atoms with Gasteiger partial charge in [0.15, 0.2) is 0 Å². The van der Waals surface area contributed by atoms with E-state index in [0.29, 0.717) is 5.54 Å². The van der Waals surface area contributed by atoms with Crippen molar-refractivity contribution in [1.82, 2.24) is 15.1 Å². The summed E-state index contributed by atoms with van der Waals surface area (Å²) in [5.74, 6) is 4.34. The van der Waals surface area contributed by atoms with Crippen molar-refractivity contribution in [2.24, 2.45) is 11.8 Å². The SMILES string of the molecule is CC(C)C1CNC(C)(C2CC2)CN1CCN1CCSCC1. The molecule has 2 unspecified atom stereocenters. The lowest BCUT2D eigenvalue weighted by atomic mass is 9.88. The predicted octanol–water partition coefficient (Wildman–Crippen LogP) is 2.13. The Hall–Kier alpha value is 0.230. The molecule has 3 rings (SSSR count). The predicted molar refractivity (Wildman–Crippen MR) is 93.1 cm³/mol. The number of thioether (sulfide) groups is 1. The Balaban J connectivity index is 1.57. The zero-order valence-electron chi connectivity index (χ0n) is 14.1. The molecule has 0 spiro atoms. The molecule has 3 fully saturated rings. The average molecular weight is 312 g/mol. The summed E-state index contributed by atoms with van der Waals surface area (Å²) in [4.78, 5) is 5.48. The molecule has 1 N–H and O–H groups in total. The molecule has 0 radical (unpaired) electrons. The Labute approximate surface area is 135 Å². The van der Waals surface area contributed by atoms with E-state index in [-0.39, 0.29) is 0 Å². The van der Waals surface area contributed by atoms with Crippen LogP contribution in [0.25, 0.3) is 0 Å². The van der Waals surface area contributed by atoms with E-state index >= 15 is 0 Å². The minimum Gasteiger partial charge on any atom is -0.308 e. The van der Waals surface area contributed by atoms with Crippen LogP contribution in [0.15, 0.2) is 0 Å². The van der Waals surface area contributed by atoms with E-state index in [2.05, 4.69) is 47.6 Å². The Morgan fingerprint density at radius 1 is 1.19 bits per heavy atom. The maximum Gasteiger partial charge on any atom is 0.0309 e. The highest BCUT2D eigenvalue weighted by molar-refractivity contribution is 7.99. The van der Waals surface area contributed by atoms with E-state index in [4.69, 9.17) is 0 Å². The summed E-state index contributed by atoms with van der Waals surface area (Å²) >= 11 is 2.11. The lowest BCUT2D eigenvalue weighted by Crippen LogP contribution is -2.65. The van der Waals surface area contributed by atoms with Crippen molar-refractivity contribution in [2.75, 3.05) is 50.8 Å². The van der Waals surface area contributed by atoms with E-state index in [9.17, 15) is 0 Å². The average Bonchev–Trinajstić information content (AvgIpc) is 3.31. The molecule has 2 saturated heterocycles. The van der Waals surface area contributed by atoms with Crippen LogP contribution in [0.5, 0.6) is 0 Å². The first-order valence-electron chi connectivity index (χ1n) is 8.88. The second-order valence-corrected chi connectivity index (χ2v) is 9.03. The number of nitrogens with one attached hydrogen (secondary N) is 1. The van der Waals surface area contributed by atoms with Crippen LogP contribution in [-0.4, -0.2) is 72.2 Å². The molecule has 0 bridgehead atoms. The first-order chi connectivity index (χ1) is 10.1. The van der Waals surface area contributed by atoms with Crippen molar-refractivity contribution in [3.8, 4) is 0 Å². The quantitative estimate of drug-likeness (QED) is 0.838. The van der Waals surface area contributed by atoms with Gasteiger partial charge in [-0.15, -0.1) is 0 Å². The van der Waals surface area contributed by atoms with Gasteiger partial charge in [0, 0.05) is 62.4 Å². The van der Waals surface area contributed by atoms with Crippen molar-refractivity contribution in [3.05, 3.63) is 0 Å². The highest BCUT2D eigenvalue weighted by Crippen LogP contribution is 2.41. The van der Waals surface area contributed by atoms with Crippen LogP contribution in [0, 0.1) is 11.8 Å².